The average molecular weight is 592 g/mol. The maximum absolute atomic E-state index is 13.8. The number of anilines is 2. The number of hydrogen-bond acceptors (Lipinski definition) is 4. The number of carbonyl (C=O) groups is 4. The quantitative estimate of drug-likeness (QED) is 0.249. The Hall–Kier alpha value is -5.18. The van der Waals surface area contributed by atoms with Gasteiger partial charge in [-0.3, -0.25) is 14.4 Å². The Morgan fingerprint density at radius 3 is 2.20 bits per heavy atom. The van der Waals surface area contributed by atoms with Crippen molar-refractivity contribution in [3.63, 3.8) is 0 Å². The van der Waals surface area contributed by atoms with Crippen LogP contribution in [0.2, 0.25) is 0 Å². The van der Waals surface area contributed by atoms with Gasteiger partial charge in [-0.1, -0.05) is 84.9 Å². The predicted octanol–water partition coefficient (Wildman–Crippen LogP) is 5.18. The summed E-state index contributed by atoms with van der Waals surface area (Å²) in [4.78, 5) is 55.7. The first-order chi connectivity index (χ1) is 21.3. The molecule has 3 N–H and O–H groups in total. The van der Waals surface area contributed by atoms with Gasteiger partial charge in [0.25, 0.3) is 0 Å². The normalized spacial score (nSPS) is 15.0. The van der Waals surface area contributed by atoms with E-state index in [1.54, 1.807) is 36.2 Å². The van der Waals surface area contributed by atoms with Crippen molar-refractivity contribution in [3.05, 3.63) is 108 Å². The number of fused-ring (bicyclic) bond motifs is 1. The minimum absolute atomic E-state index is 0.214. The minimum Gasteiger partial charge on any atom is -0.342 e. The number of amides is 5. The molecule has 0 aromatic heterocycles. The van der Waals surface area contributed by atoms with Gasteiger partial charge in [0.15, 0.2) is 0 Å². The van der Waals surface area contributed by atoms with E-state index in [1.807, 2.05) is 72.8 Å². The summed E-state index contributed by atoms with van der Waals surface area (Å²) >= 11 is 0. The number of hydrogen-bond donors (Lipinski definition) is 3. The van der Waals surface area contributed by atoms with Gasteiger partial charge in [0.05, 0.1) is 11.4 Å². The lowest BCUT2D eigenvalue weighted by molar-refractivity contribution is -0.136. The third-order valence-corrected chi connectivity index (χ3v) is 7.80. The molecule has 4 aromatic rings. The Balaban J connectivity index is 1.34. The second-order valence-electron chi connectivity index (χ2n) is 11.1. The molecule has 1 saturated heterocycles. The smallest absolute Gasteiger partial charge is 0.322 e. The Kier molecular flexibility index (Phi) is 9.54. The Morgan fingerprint density at radius 1 is 0.818 bits per heavy atom. The summed E-state index contributed by atoms with van der Waals surface area (Å²) < 4.78 is 0. The van der Waals surface area contributed by atoms with Crippen LogP contribution in [-0.2, 0) is 27.3 Å². The Morgan fingerprint density at radius 2 is 1.48 bits per heavy atom. The molecular weight excluding hydrogens is 554 g/mol. The van der Waals surface area contributed by atoms with Crippen LogP contribution in [0.25, 0.3) is 10.8 Å². The van der Waals surface area contributed by atoms with Crippen LogP contribution >= 0.6 is 0 Å². The van der Waals surface area contributed by atoms with Crippen molar-refractivity contribution in [1.29, 1.82) is 0 Å². The summed E-state index contributed by atoms with van der Waals surface area (Å²) in [6, 6.07) is 28.6. The molecule has 1 aliphatic heterocycles. The van der Waals surface area contributed by atoms with Crippen LogP contribution in [0, 0.1) is 0 Å². The molecule has 1 heterocycles. The number of urea groups is 1. The van der Waals surface area contributed by atoms with Gasteiger partial charge in [0, 0.05) is 33.5 Å². The number of nitrogens with one attached hydrogen (secondary N) is 3. The molecule has 1 aliphatic rings. The monoisotopic (exact) mass is 591 g/mol. The summed E-state index contributed by atoms with van der Waals surface area (Å²) in [5.74, 6) is -0.849. The molecule has 0 unspecified atom stereocenters. The lowest BCUT2D eigenvalue weighted by Crippen LogP contribution is -2.54. The van der Waals surface area contributed by atoms with Gasteiger partial charge >= 0.3 is 6.03 Å². The van der Waals surface area contributed by atoms with Gasteiger partial charge in [-0.15, -0.1) is 0 Å². The number of likely N-dealkylation sites (N-methyl/N-ethyl adjacent to an activating group) is 1. The molecule has 44 heavy (non-hydrogen) atoms. The Bertz CT molecular complexity index is 1660. The molecule has 5 amide bonds. The van der Waals surface area contributed by atoms with Crippen molar-refractivity contribution >= 4 is 45.9 Å². The van der Waals surface area contributed by atoms with E-state index in [0.29, 0.717) is 43.7 Å². The van der Waals surface area contributed by atoms with E-state index in [1.165, 1.54) is 11.8 Å². The van der Waals surface area contributed by atoms with Crippen LogP contribution < -0.4 is 16.0 Å². The fourth-order valence-corrected chi connectivity index (χ4v) is 5.63. The topological polar surface area (TPSA) is 111 Å². The van der Waals surface area contributed by atoms with Crippen molar-refractivity contribution in [2.24, 2.45) is 0 Å². The molecular formula is C35H37N5O4. The lowest BCUT2D eigenvalue weighted by atomic mass is 10.00. The highest BCUT2D eigenvalue weighted by Crippen LogP contribution is 2.25. The summed E-state index contributed by atoms with van der Waals surface area (Å²) in [7, 11) is 1.73. The van der Waals surface area contributed by atoms with E-state index in [-0.39, 0.29) is 17.7 Å². The number of nitrogens with zero attached hydrogens (tertiary/aromatic N) is 2. The van der Waals surface area contributed by atoms with Gasteiger partial charge in [0.2, 0.25) is 17.7 Å². The van der Waals surface area contributed by atoms with E-state index in [0.717, 1.165) is 21.9 Å². The van der Waals surface area contributed by atoms with Crippen LogP contribution in [0.15, 0.2) is 97.1 Å². The fourth-order valence-electron chi connectivity index (χ4n) is 5.63. The van der Waals surface area contributed by atoms with Gasteiger partial charge in [-0.2, -0.15) is 0 Å². The van der Waals surface area contributed by atoms with Crippen molar-refractivity contribution in [3.8, 4) is 0 Å². The predicted molar refractivity (Wildman–Crippen MR) is 172 cm³/mol. The van der Waals surface area contributed by atoms with Crippen LogP contribution in [0.4, 0.5) is 16.2 Å². The van der Waals surface area contributed by atoms with E-state index in [2.05, 4.69) is 16.0 Å². The van der Waals surface area contributed by atoms with Crippen LogP contribution in [0.1, 0.15) is 30.9 Å². The summed E-state index contributed by atoms with van der Waals surface area (Å²) in [5.41, 5.74) is 2.81. The molecule has 0 radical (unpaired) electrons. The molecule has 5 rings (SSSR count). The number of carbonyl (C=O) groups excluding carboxylic acids is 4. The highest BCUT2D eigenvalue weighted by atomic mass is 16.2. The summed E-state index contributed by atoms with van der Waals surface area (Å²) in [6.45, 7) is 2.19. The zero-order valence-corrected chi connectivity index (χ0v) is 25.0. The molecule has 0 spiro atoms. The SMILES string of the molecule is CC(=O)Nc1ccccc1NC(=O)N1CCC[C@H]1C(=O)N[C@@H](Cc1ccc2ccccc2c1)C(=O)N(C)Cc1ccccc1. The van der Waals surface area contributed by atoms with Crippen molar-refractivity contribution in [1.82, 2.24) is 15.1 Å². The fraction of sp³-hybridized carbons (Fsp3) is 0.257. The maximum atomic E-state index is 13.8. The van der Waals surface area contributed by atoms with Gasteiger partial charge in [-0.25, -0.2) is 4.79 Å². The first-order valence-electron chi connectivity index (χ1n) is 14.8. The van der Waals surface area contributed by atoms with E-state index >= 15 is 0 Å². The highest BCUT2D eigenvalue weighted by molar-refractivity contribution is 6.00. The molecule has 2 atom stereocenters. The van der Waals surface area contributed by atoms with Crippen LogP contribution in [-0.4, -0.2) is 59.2 Å². The zero-order chi connectivity index (χ0) is 31.1. The highest BCUT2D eigenvalue weighted by Gasteiger charge is 2.36. The molecule has 0 bridgehead atoms. The standard InChI is InChI=1S/C35H37N5O4/c1-24(41)36-29-15-8-9-16-30(29)38-35(44)40-20-10-17-32(40)33(42)37-31(34(43)39(2)23-25-11-4-3-5-12-25)22-26-18-19-27-13-6-7-14-28(27)21-26/h3-9,11-16,18-19,21,31-32H,10,17,20,22-23H2,1-2H3,(H,36,41)(H,37,42)(H,38,44)/t31-,32-/m0/s1. The second kappa shape index (κ2) is 13.9. The van der Waals surface area contributed by atoms with E-state index in [4.69, 9.17) is 0 Å². The summed E-state index contributed by atoms with van der Waals surface area (Å²) in [6.07, 6.45) is 1.43. The van der Waals surface area contributed by atoms with Crippen LogP contribution in [0.5, 0.6) is 0 Å². The average Bonchev–Trinajstić information content (AvgIpc) is 3.52. The third-order valence-electron chi connectivity index (χ3n) is 7.80. The lowest BCUT2D eigenvalue weighted by Gasteiger charge is -2.29. The number of likely N-dealkylation sites (tertiary alicyclic amines) is 1. The van der Waals surface area contributed by atoms with Crippen molar-refractivity contribution in [2.75, 3.05) is 24.2 Å². The van der Waals surface area contributed by atoms with Gasteiger partial charge in [-0.05, 0) is 46.9 Å². The van der Waals surface area contributed by atoms with E-state index in [9.17, 15) is 19.2 Å². The first-order valence-corrected chi connectivity index (χ1v) is 14.8. The Labute approximate surface area is 257 Å². The van der Waals surface area contributed by atoms with Crippen LogP contribution in [0.3, 0.4) is 0 Å². The molecule has 0 saturated carbocycles. The number of rotatable bonds is 9. The van der Waals surface area contributed by atoms with Crippen molar-refractivity contribution < 1.29 is 19.2 Å². The van der Waals surface area contributed by atoms with Gasteiger partial charge in [0.1, 0.15) is 12.1 Å². The third kappa shape index (κ3) is 7.42. The molecule has 1 fully saturated rings. The molecule has 226 valence electrons. The molecule has 4 aromatic carbocycles. The second-order valence-corrected chi connectivity index (χ2v) is 11.1. The van der Waals surface area contributed by atoms with Gasteiger partial charge < -0.3 is 25.8 Å². The molecule has 9 nitrogen and oxygen atoms in total. The molecule has 0 aliphatic carbocycles. The minimum atomic E-state index is -0.830. The summed E-state index contributed by atoms with van der Waals surface area (Å²) in [5, 5.41) is 10.7. The van der Waals surface area contributed by atoms with Crippen molar-refractivity contribution in [2.45, 2.75) is 44.8 Å². The largest absolute Gasteiger partial charge is 0.342 e. The number of para-hydroxylation sites is 2. The zero-order valence-electron chi connectivity index (χ0n) is 25.0. The number of benzene rings is 4. The molecule has 9 heteroatoms. The maximum Gasteiger partial charge on any atom is 0.322 e. The van der Waals surface area contributed by atoms with E-state index < -0.39 is 18.1 Å². The first kappa shape index (κ1) is 30.3.